The third-order valence-corrected chi connectivity index (χ3v) is 3.72. The van der Waals surface area contributed by atoms with Crippen molar-refractivity contribution in [1.29, 1.82) is 0 Å². The molecule has 0 aliphatic rings. The molecule has 96 valence electrons. The second-order valence-electron chi connectivity index (χ2n) is 4.65. The normalized spacial score (nSPS) is 10.9. The van der Waals surface area contributed by atoms with Crippen molar-refractivity contribution in [2.45, 2.75) is 40.0 Å². The van der Waals surface area contributed by atoms with Gasteiger partial charge in [-0.2, -0.15) is 0 Å². The van der Waals surface area contributed by atoms with E-state index in [9.17, 15) is 0 Å². The number of hydrogen-bond donors (Lipinski definition) is 0. The summed E-state index contributed by atoms with van der Waals surface area (Å²) in [6, 6.07) is 8.92. The first kappa shape index (κ1) is 12.9. The Labute approximate surface area is 110 Å². The molecule has 0 spiro atoms. The fraction of sp³-hybridized carbons (Fsp3) is 0.412. The maximum absolute atomic E-state index is 5.44. The Bertz CT molecular complexity index is 555. The van der Waals surface area contributed by atoms with Crippen molar-refractivity contribution >= 4 is 10.8 Å². The molecule has 0 radical (unpaired) electrons. The summed E-state index contributed by atoms with van der Waals surface area (Å²) in [7, 11) is 1.75. The van der Waals surface area contributed by atoms with Gasteiger partial charge in [0.05, 0.1) is 7.11 Å². The summed E-state index contributed by atoms with van der Waals surface area (Å²) in [5.74, 6) is 0.974. The predicted molar refractivity (Wildman–Crippen MR) is 78.6 cm³/mol. The third-order valence-electron chi connectivity index (χ3n) is 3.72. The van der Waals surface area contributed by atoms with E-state index in [1.807, 2.05) is 0 Å². The predicted octanol–water partition coefficient (Wildman–Crippen LogP) is 4.54. The molecule has 2 aromatic carbocycles. The van der Waals surface area contributed by atoms with Crippen LogP contribution in [0.3, 0.4) is 0 Å². The quantitative estimate of drug-likeness (QED) is 0.765. The molecular formula is C17H22O. The molecule has 2 rings (SSSR count). The lowest BCUT2D eigenvalue weighted by Crippen LogP contribution is -1.96. The van der Waals surface area contributed by atoms with Crippen LogP contribution >= 0.6 is 0 Å². The van der Waals surface area contributed by atoms with E-state index in [4.69, 9.17) is 4.74 Å². The maximum atomic E-state index is 5.44. The molecule has 0 N–H and O–H groups in total. The molecule has 0 amide bonds. The average Bonchev–Trinajstić information content (AvgIpc) is 2.44. The lowest BCUT2D eigenvalue weighted by molar-refractivity contribution is 0.415. The van der Waals surface area contributed by atoms with E-state index in [-0.39, 0.29) is 0 Å². The van der Waals surface area contributed by atoms with Crippen LogP contribution in [0.5, 0.6) is 5.75 Å². The first-order valence-corrected chi connectivity index (χ1v) is 6.86. The van der Waals surface area contributed by atoms with Crippen molar-refractivity contribution in [3.63, 3.8) is 0 Å². The number of ether oxygens (including phenoxy) is 1. The maximum Gasteiger partial charge on any atom is 0.119 e. The van der Waals surface area contributed by atoms with E-state index in [0.717, 1.165) is 25.0 Å². The molecule has 0 fully saturated rings. The first-order chi connectivity index (χ1) is 8.74. The van der Waals surface area contributed by atoms with Gasteiger partial charge < -0.3 is 4.74 Å². The zero-order chi connectivity index (χ0) is 13.1. The van der Waals surface area contributed by atoms with Crippen molar-refractivity contribution in [3.8, 4) is 5.75 Å². The number of methoxy groups -OCH3 is 1. The molecule has 0 aromatic heterocycles. The Morgan fingerprint density at radius 3 is 2.00 bits per heavy atom. The fourth-order valence-corrected chi connectivity index (χ4v) is 2.68. The highest BCUT2D eigenvalue weighted by molar-refractivity contribution is 5.93. The SMILES string of the molecule is CCc1ccc(CC)c2c(CC)cc(OC)cc12. The topological polar surface area (TPSA) is 9.23 Å². The van der Waals surface area contributed by atoms with Gasteiger partial charge in [0.2, 0.25) is 0 Å². The van der Waals surface area contributed by atoms with Crippen LogP contribution in [0, 0.1) is 0 Å². The minimum Gasteiger partial charge on any atom is -0.497 e. The smallest absolute Gasteiger partial charge is 0.119 e. The van der Waals surface area contributed by atoms with Crippen LogP contribution < -0.4 is 4.74 Å². The minimum absolute atomic E-state index is 0.974. The van der Waals surface area contributed by atoms with E-state index in [2.05, 4.69) is 45.0 Å². The van der Waals surface area contributed by atoms with Crippen LogP contribution in [0.4, 0.5) is 0 Å². The summed E-state index contributed by atoms with van der Waals surface area (Å²) < 4.78 is 5.44. The molecular weight excluding hydrogens is 220 g/mol. The lowest BCUT2D eigenvalue weighted by Gasteiger charge is -2.15. The largest absolute Gasteiger partial charge is 0.497 e. The van der Waals surface area contributed by atoms with Gasteiger partial charge in [0.1, 0.15) is 5.75 Å². The molecule has 1 nitrogen and oxygen atoms in total. The van der Waals surface area contributed by atoms with E-state index in [1.54, 1.807) is 7.11 Å². The molecule has 1 heteroatoms. The van der Waals surface area contributed by atoms with Crippen LogP contribution in [0.15, 0.2) is 24.3 Å². The van der Waals surface area contributed by atoms with Crippen molar-refractivity contribution < 1.29 is 4.74 Å². The number of fused-ring (bicyclic) bond motifs is 1. The lowest BCUT2D eigenvalue weighted by atomic mass is 9.92. The van der Waals surface area contributed by atoms with Gasteiger partial charge in [0.25, 0.3) is 0 Å². The van der Waals surface area contributed by atoms with Crippen LogP contribution in [0.1, 0.15) is 37.5 Å². The molecule has 0 saturated heterocycles. The molecule has 18 heavy (non-hydrogen) atoms. The molecule has 0 unspecified atom stereocenters. The first-order valence-electron chi connectivity index (χ1n) is 6.86. The Morgan fingerprint density at radius 2 is 1.44 bits per heavy atom. The van der Waals surface area contributed by atoms with Gasteiger partial charge in [-0.25, -0.2) is 0 Å². The van der Waals surface area contributed by atoms with Crippen LogP contribution in [-0.4, -0.2) is 7.11 Å². The number of hydrogen-bond acceptors (Lipinski definition) is 1. The van der Waals surface area contributed by atoms with E-state index < -0.39 is 0 Å². The molecule has 2 aromatic rings. The average molecular weight is 242 g/mol. The summed E-state index contributed by atoms with van der Waals surface area (Å²) >= 11 is 0. The molecule has 0 aliphatic carbocycles. The summed E-state index contributed by atoms with van der Waals surface area (Å²) in [5.41, 5.74) is 4.26. The molecule has 0 heterocycles. The Balaban J connectivity index is 2.86. The number of benzene rings is 2. The number of rotatable bonds is 4. The van der Waals surface area contributed by atoms with Crippen molar-refractivity contribution in [2.75, 3.05) is 7.11 Å². The van der Waals surface area contributed by atoms with E-state index >= 15 is 0 Å². The van der Waals surface area contributed by atoms with E-state index in [0.29, 0.717) is 0 Å². The molecule has 0 aliphatic heterocycles. The van der Waals surface area contributed by atoms with Crippen molar-refractivity contribution in [1.82, 2.24) is 0 Å². The zero-order valence-electron chi connectivity index (χ0n) is 11.8. The molecule has 0 atom stereocenters. The second-order valence-corrected chi connectivity index (χ2v) is 4.65. The standard InChI is InChI=1S/C17H22O/c1-5-12-8-9-13(6-2)17-14(7-3)10-15(18-4)11-16(12)17/h8-11H,5-7H2,1-4H3. The van der Waals surface area contributed by atoms with Crippen molar-refractivity contribution in [2.24, 2.45) is 0 Å². The highest BCUT2D eigenvalue weighted by atomic mass is 16.5. The molecule has 0 saturated carbocycles. The van der Waals surface area contributed by atoms with Gasteiger partial charge in [-0.05, 0) is 58.9 Å². The molecule has 0 bridgehead atoms. The summed E-state index contributed by atoms with van der Waals surface area (Å²) in [5, 5.41) is 2.81. The zero-order valence-corrected chi connectivity index (χ0v) is 11.8. The van der Waals surface area contributed by atoms with Crippen LogP contribution in [0.2, 0.25) is 0 Å². The summed E-state index contributed by atoms with van der Waals surface area (Å²) in [6.07, 6.45) is 3.20. The Kier molecular flexibility index (Phi) is 3.90. The van der Waals surface area contributed by atoms with Crippen LogP contribution in [-0.2, 0) is 19.3 Å². The van der Waals surface area contributed by atoms with Gasteiger partial charge in [0.15, 0.2) is 0 Å². The van der Waals surface area contributed by atoms with Gasteiger partial charge in [-0.15, -0.1) is 0 Å². The highest BCUT2D eigenvalue weighted by Crippen LogP contribution is 2.31. The van der Waals surface area contributed by atoms with Gasteiger partial charge in [-0.3, -0.25) is 0 Å². The summed E-state index contributed by atoms with van der Waals surface area (Å²) in [4.78, 5) is 0. The highest BCUT2D eigenvalue weighted by Gasteiger charge is 2.10. The number of aryl methyl sites for hydroxylation is 3. The Morgan fingerprint density at radius 1 is 0.833 bits per heavy atom. The van der Waals surface area contributed by atoms with Gasteiger partial charge in [0, 0.05) is 0 Å². The Hall–Kier alpha value is -1.50. The second kappa shape index (κ2) is 5.43. The summed E-state index contributed by atoms with van der Waals surface area (Å²) in [6.45, 7) is 6.65. The minimum atomic E-state index is 0.974. The van der Waals surface area contributed by atoms with Crippen molar-refractivity contribution in [3.05, 3.63) is 41.0 Å². The van der Waals surface area contributed by atoms with Gasteiger partial charge >= 0.3 is 0 Å². The van der Waals surface area contributed by atoms with Crippen LogP contribution in [0.25, 0.3) is 10.8 Å². The van der Waals surface area contributed by atoms with Gasteiger partial charge in [-0.1, -0.05) is 32.9 Å². The third kappa shape index (κ3) is 2.10. The fourth-order valence-electron chi connectivity index (χ4n) is 2.68. The van der Waals surface area contributed by atoms with E-state index in [1.165, 1.54) is 27.5 Å². The monoisotopic (exact) mass is 242 g/mol.